The third-order valence-electron chi connectivity index (χ3n) is 3.58. The Bertz CT molecular complexity index is 569. The third kappa shape index (κ3) is 5.70. The van der Waals surface area contributed by atoms with Crippen LogP contribution < -0.4 is 5.32 Å². The summed E-state index contributed by atoms with van der Waals surface area (Å²) in [6, 6.07) is 2.89. The number of likely N-dealkylation sites (tertiary alicyclic amines) is 1. The minimum Gasteiger partial charge on any atom is -0.345 e. The number of halogens is 3. The van der Waals surface area contributed by atoms with Gasteiger partial charge in [-0.1, -0.05) is 0 Å². The minimum atomic E-state index is -4.45. The van der Waals surface area contributed by atoms with E-state index in [0.29, 0.717) is 25.1 Å². The highest BCUT2D eigenvalue weighted by atomic mass is 32.2. The molecule has 1 saturated heterocycles. The highest BCUT2D eigenvalue weighted by Gasteiger charge is 2.36. The predicted octanol–water partition coefficient (Wildman–Crippen LogP) is 1.98. The molecule has 1 N–H and O–H groups in total. The van der Waals surface area contributed by atoms with Gasteiger partial charge in [-0.3, -0.25) is 14.6 Å². The van der Waals surface area contributed by atoms with Crippen LogP contribution in [0.5, 0.6) is 0 Å². The van der Waals surface area contributed by atoms with Crippen molar-refractivity contribution >= 4 is 23.6 Å². The lowest BCUT2D eigenvalue weighted by Gasteiger charge is -2.24. The quantitative estimate of drug-likeness (QED) is 0.842. The number of nitrogens with zero attached hydrogens (tertiary/aromatic N) is 2. The summed E-state index contributed by atoms with van der Waals surface area (Å²) in [7, 11) is 0. The molecule has 0 aliphatic carbocycles. The van der Waals surface area contributed by atoms with Gasteiger partial charge in [-0.25, -0.2) is 0 Å². The molecule has 0 bridgehead atoms. The van der Waals surface area contributed by atoms with E-state index in [9.17, 15) is 22.8 Å². The van der Waals surface area contributed by atoms with Crippen LogP contribution in [0.1, 0.15) is 18.4 Å². The summed E-state index contributed by atoms with van der Waals surface area (Å²) in [5.41, 5.74) is 1.03. The summed E-state index contributed by atoms with van der Waals surface area (Å²) in [6.45, 7) is -0.972. The van der Waals surface area contributed by atoms with Crippen LogP contribution in [0.4, 0.5) is 13.2 Å². The molecule has 2 heterocycles. The topological polar surface area (TPSA) is 62.3 Å². The fraction of sp³-hybridized carbons (Fsp3) is 0.533. The van der Waals surface area contributed by atoms with Crippen LogP contribution in [0, 0.1) is 0 Å². The van der Waals surface area contributed by atoms with E-state index in [4.69, 9.17) is 0 Å². The molecule has 5 nitrogen and oxygen atoms in total. The van der Waals surface area contributed by atoms with Crippen molar-refractivity contribution in [1.29, 1.82) is 0 Å². The van der Waals surface area contributed by atoms with E-state index in [2.05, 4.69) is 4.98 Å². The molecule has 2 rings (SSSR count). The molecule has 0 radical (unpaired) electrons. The summed E-state index contributed by atoms with van der Waals surface area (Å²) in [6.07, 6.45) is -0.114. The van der Waals surface area contributed by atoms with Crippen LogP contribution in [0.25, 0.3) is 0 Å². The van der Waals surface area contributed by atoms with Gasteiger partial charge in [-0.2, -0.15) is 13.2 Å². The highest BCUT2D eigenvalue weighted by molar-refractivity contribution is 7.99. The number of pyridine rings is 1. The number of hydrogen-bond acceptors (Lipinski definition) is 4. The summed E-state index contributed by atoms with van der Waals surface area (Å²) < 4.78 is 36.6. The number of hydrogen-bond donors (Lipinski definition) is 1. The van der Waals surface area contributed by atoms with Crippen LogP contribution in [0.2, 0.25) is 0 Å². The third-order valence-corrected chi connectivity index (χ3v) is 4.57. The highest BCUT2D eigenvalue weighted by Crippen LogP contribution is 2.21. The normalized spacial score (nSPS) is 17.8. The van der Waals surface area contributed by atoms with Gasteiger partial charge in [0.25, 0.3) is 0 Å². The molecule has 0 saturated carbocycles. The first-order valence-electron chi connectivity index (χ1n) is 7.47. The van der Waals surface area contributed by atoms with E-state index in [1.54, 1.807) is 12.4 Å². The Morgan fingerprint density at radius 3 is 2.71 bits per heavy atom. The van der Waals surface area contributed by atoms with Gasteiger partial charge in [0.15, 0.2) is 0 Å². The second kappa shape index (κ2) is 8.36. The number of amides is 2. The van der Waals surface area contributed by atoms with Gasteiger partial charge in [0, 0.05) is 24.7 Å². The maximum absolute atomic E-state index is 12.2. The van der Waals surface area contributed by atoms with Crippen molar-refractivity contribution < 1.29 is 22.8 Å². The lowest BCUT2D eigenvalue weighted by atomic mass is 10.2. The maximum Gasteiger partial charge on any atom is 0.405 e. The van der Waals surface area contributed by atoms with Crippen molar-refractivity contribution in [3.05, 3.63) is 30.1 Å². The zero-order valence-electron chi connectivity index (χ0n) is 12.9. The Balaban J connectivity index is 1.80. The molecule has 1 atom stereocenters. The van der Waals surface area contributed by atoms with Crippen molar-refractivity contribution in [3.63, 3.8) is 0 Å². The molecule has 1 fully saturated rings. The van der Waals surface area contributed by atoms with Gasteiger partial charge in [0.05, 0.1) is 5.75 Å². The minimum absolute atomic E-state index is 0.186. The van der Waals surface area contributed by atoms with Crippen molar-refractivity contribution in [2.75, 3.05) is 18.8 Å². The second-order valence-electron chi connectivity index (χ2n) is 5.43. The van der Waals surface area contributed by atoms with Gasteiger partial charge in [0.1, 0.15) is 12.6 Å². The molecule has 0 unspecified atom stereocenters. The predicted molar refractivity (Wildman–Crippen MR) is 84.2 cm³/mol. The smallest absolute Gasteiger partial charge is 0.345 e. The van der Waals surface area contributed by atoms with Crippen LogP contribution in [-0.4, -0.2) is 52.8 Å². The van der Waals surface area contributed by atoms with E-state index in [0.717, 1.165) is 5.56 Å². The van der Waals surface area contributed by atoms with Crippen LogP contribution in [-0.2, 0) is 15.3 Å². The number of nitrogens with one attached hydrogen (secondary N) is 1. The fourth-order valence-corrected chi connectivity index (χ4v) is 3.33. The Morgan fingerprint density at radius 1 is 1.33 bits per heavy atom. The average molecular weight is 361 g/mol. The van der Waals surface area contributed by atoms with Gasteiger partial charge in [-0.05, 0) is 30.5 Å². The summed E-state index contributed by atoms with van der Waals surface area (Å²) >= 11 is 1.40. The Morgan fingerprint density at radius 2 is 2.04 bits per heavy atom. The molecular formula is C15H18F3N3O2S. The Labute approximate surface area is 142 Å². The standard InChI is InChI=1S/C15H18F3N3O2S/c16-15(17,18)10-20-14(23)12-2-1-7-21(12)13(22)9-24-8-11-3-5-19-6-4-11/h3-6,12H,1-2,7-10H2,(H,20,23)/t12-/m1/s1. The largest absolute Gasteiger partial charge is 0.405 e. The zero-order chi connectivity index (χ0) is 17.6. The van der Waals surface area contributed by atoms with Crippen LogP contribution in [0.15, 0.2) is 24.5 Å². The number of rotatable bonds is 6. The first-order chi connectivity index (χ1) is 11.4. The number of alkyl halides is 3. The molecule has 24 heavy (non-hydrogen) atoms. The van der Waals surface area contributed by atoms with E-state index >= 15 is 0 Å². The molecule has 1 aliphatic rings. The molecule has 1 aromatic rings. The number of carbonyl (C=O) groups is 2. The van der Waals surface area contributed by atoms with Gasteiger partial charge >= 0.3 is 6.18 Å². The first-order valence-corrected chi connectivity index (χ1v) is 8.63. The van der Waals surface area contributed by atoms with Crippen molar-refractivity contribution in [2.24, 2.45) is 0 Å². The number of aromatic nitrogens is 1. The molecule has 0 aromatic carbocycles. The van der Waals surface area contributed by atoms with Crippen LogP contribution >= 0.6 is 11.8 Å². The van der Waals surface area contributed by atoms with Gasteiger partial charge in [0.2, 0.25) is 11.8 Å². The number of carbonyl (C=O) groups excluding carboxylic acids is 2. The summed E-state index contributed by atoms with van der Waals surface area (Å²) in [5.74, 6) is -0.144. The van der Waals surface area contributed by atoms with E-state index in [1.165, 1.54) is 16.7 Å². The first kappa shape index (κ1) is 18.6. The maximum atomic E-state index is 12.2. The SMILES string of the molecule is O=C(NCC(F)(F)F)[C@H]1CCCN1C(=O)CSCc1ccncc1. The molecule has 132 valence electrons. The second-order valence-corrected chi connectivity index (χ2v) is 6.41. The Kier molecular flexibility index (Phi) is 6.47. The molecule has 1 aliphatic heterocycles. The van der Waals surface area contributed by atoms with Crippen molar-refractivity contribution in [2.45, 2.75) is 30.8 Å². The molecule has 0 spiro atoms. The van der Waals surface area contributed by atoms with Crippen molar-refractivity contribution in [1.82, 2.24) is 15.2 Å². The lowest BCUT2D eigenvalue weighted by Crippen LogP contribution is -2.48. The molecule has 9 heteroatoms. The van der Waals surface area contributed by atoms with Gasteiger partial charge < -0.3 is 10.2 Å². The monoisotopic (exact) mass is 361 g/mol. The van der Waals surface area contributed by atoms with Crippen molar-refractivity contribution in [3.8, 4) is 0 Å². The average Bonchev–Trinajstić information content (AvgIpc) is 3.02. The molecular weight excluding hydrogens is 343 g/mol. The van der Waals surface area contributed by atoms with E-state index < -0.39 is 24.7 Å². The van der Waals surface area contributed by atoms with Gasteiger partial charge in [-0.15, -0.1) is 11.8 Å². The summed E-state index contributed by atoms with van der Waals surface area (Å²) in [4.78, 5) is 29.4. The van der Waals surface area contributed by atoms with E-state index in [-0.39, 0.29) is 11.7 Å². The van der Waals surface area contributed by atoms with Crippen LogP contribution in [0.3, 0.4) is 0 Å². The fourth-order valence-electron chi connectivity index (χ4n) is 2.46. The number of thioether (sulfide) groups is 1. The van der Waals surface area contributed by atoms with E-state index in [1.807, 2.05) is 17.4 Å². The molecule has 2 amide bonds. The molecule has 1 aromatic heterocycles. The zero-order valence-corrected chi connectivity index (χ0v) is 13.7. The lowest BCUT2D eigenvalue weighted by molar-refractivity contribution is -0.144. The summed E-state index contributed by atoms with van der Waals surface area (Å²) in [5, 5.41) is 1.86. The Hall–Kier alpha value is -1.77.